The number of nitrogens with one attached hydrogen (secondary N) is 1. The van der Waals surface area contributed by atoms with Crippen LogP contribution in [-0.4, -0.2) is 25.7 Å². The van der Waals surface area contributed by atoms with Crippen LogP contribution in [0.1, 0.15) is 32.8 Å². The predicted molar refractivity (Wildman–Crippen MR) is 81.3 cm³/mol. The Balaban J connectivity index is 2.32. The topological polar surface area (TPSA) is 64.3 Å². The van der Waals surface area contributed by atoms with Crippen LogP contribution in [0.2, 0.25) is 0 Å². The maximum absolute atomic E-state index is 12.1. The average Bonchev–Trinajstić information content (AvgIpc) is 2.43. The minimum Gasteiger partial charge on any atom is -0.380 e. The monoisotopic (exact) mass is 278 g/mol. The fourth-order valence-corrected chi connectivity index (χ4v) is 1.76. The average molecular weight is 278 g/mol. The van der Waals surface area contributed by atoms with Crippen LogP contribution >= 0.6 is 0 Å². The van der Waals surface area contributed by atoms with Gasteiger partial charge in [0.05, 0.1) is 6.61 Å². The van der Waals surface area contributed by atoms with Crippen molar-refractivity contribution in [2.24, 2.45) is 11.7 Å². The quantitative estimate of drug-likeness (QED) is 0.715. The van der Waals surface area contributed by atoms with E-state index in [9.17, 15) is 4.79 Å². The summed E-state index contributed by atoms with van der Waals surface area (Å²) in [6.07, 6.45) is 1.03. The summed E-state index contributed by atoms with van der Waals surface area (Å²) in [4.78, 5) is 12.1. The molecule has 0 aliphatic heterocycles. The first kappa shape index (κ1) is 16.7. The van der Waals surface area contributed by atoms with Crippen molar-refractivity contribution in [3.8, 4) is 0 Å². The number of carbonyl (C=O) groups is 1. The van der Waals surface area contributed by atoms with E-state index in [2.05, 4.69) is 19.2 Å². The highest BCUT2D eigenvalue weighted by atomic mass is 16.5. The van der Waals surface area contributed by atoms with Crippen molar-refractivity contribution in [2.45, 2.75) is 32.7 Å². The van der Waals surface area contributed by atoms with E-state index in [-0.39, 0.29) is 5.91 Å². The van der Waals surface area contributed by atoms with Gasteiger partial charge in [-0.3, -0.25) is 4.79 Å². The Kier molecular flexibility index (Phi) is 6.68. The molecule has 1 aromatic rings. The second-order valence-electron chi connectivity index (χ2n) is 5.62. The van der Waals surface area contributed by atoms with E-state index in [1.807, 2.05) is 30.3 Å². The molecule has 0 aliphatic rings. The number of ether oxygens (including phenoxy) is 1. The molecule has 4 heteroatoms. The second kappa shape index (κ2) is 8.02. The van der Waals surface area contributed by atoms with E-state index in [1.165, 1.54) is 0 Å². The van der Waals surface area contributed by atoms with E-state index in [4.69, 9.17) is 10.5 Å². The fraction of sp³-hybridized carbons (Fsp3) is 0.562. The Hall–Kier alpha value is -1.39. The van der Waals surface area contributed by atoms with Crippen molar-refractivity contribution in [3.63, 3.8) is 0 Å². The molecule has 0 aromatic heterocycles. The van der Waals surface area contributed by atoms with Crippen molar-refractivity contribution in [3.05, 3.63) is 35.9 Å². The minimum absolute atomic E-state index is 0.184. The Morgan fingerprint density at radius 3 is 2.55 bits per heavy atom. The number of benzene rings is 1. The van der Waals surface area contributed by atoms with Crippen molar-refractivity contribution >= 4 is 5.91 Å². The van der Waals surface area contributed by atoms with Gasteiger partial charge in [-0.15, -0.1) is 0 Å². The molecule has 20 heavy (non-hydrogen) atoms. The molecule has 1 atom stereocenters. The van der Waals surface area contributed by atoms with Gasteiger partial charge in [-0.25, -0.2) is 0 Å². The number of amides is 1. The van der Waals surface area contributed by atoms with Crippen molar-refractivity contribution in [1.82, 2.24) is 5.32 Å². The van der Waals surface area contributed by atoms with Gasteiger partial charge in [-0.2, -0.15) is 0 Å². The molecule has 0 fully saturated rings. The second-order valence-corrected chi connectivity index (χ2v) is 5.62. The molecule has 1 amide bonds. The number of carbonyl (C=O) groups excluding carboxylic acids is 1. The summed E-state index contributed by atoms with van der Waals surface area (Å²) in [6.45, 7) is 7.76. The summed E-state index contributed by atoms with van der Waals surface area (Å²) < 4.78 is 5.46. The van der Waals surface area contributed by atoms with Crippen LogP contribution in [0.4, 0.5) is 0 Å². The summed E-state index contributed by atoms with van der Waals surface area (Å²) in [5, 5.41) is 2.82. The molecule has 0 saturated heterocycles. The molecule has 3 N–H and O–H groups in total. The molecule has 1 unspecified atom stereocenters. The highest BCUT2D eigenvalue weighted by Gasteiger charge is 2.29. The third-order valence-electron chi connectivity index (χ3n) is 3.22. The maximum atomic E-state index is 12.1. The first-order valence-corrected chi connectivity index (χ1v) is 7.15. The van der Waals surface area contributed by atoms with Crippen molar-refractivity contribution < 1.29 is 9.53 Å². The molecule has 112 valence electrons. The fourth-order valence-electron chi connectivity index (χ4n) is 1.76. The lowest BCUT2D eigenvalue weighted by molar-refractivity contribution is -0.126. The standard InChI is InChI=1S/C16H26N2O2/c1-13(2)9-11-20-12-10-18-15(19)16(3,17)14-7-5-4-6-8-14/h4-8,13H,9-12,17H2,1-3H3,(H,18,19). The first-order chi connectivity index (χ1) is 9.44. The number of rotatable bonds is 8. The predicted octanol–water partition coefficient (Wildman–Crippen LogP) is 2.04. The lowest BCUT2D eigenvalue weighted by Crippen LogP contribution is -2.49. The zero-order valence-electron chi connectivity index (χ0n) is 12.7. The van der Waals surface area contributed by atoms with Gasteiger partial charge in [0.25, 0.3) is 0 Å². The van der Waals surface area contributed by atoms with Gasteiger partial charge in [0.15, 0.2) is 0 Å². The van der Waals surface area contributed by atoms with Crippen LogP contribution in [0.15, 0.2) is 30.3 Å². The largest absolute Gasteiger partial charge is 0.380 e. The molecule has 0 heterocycles. The number of nitrogens with two attached hydrogens (primary N) is 1. The van der Waals surface area contributed by atoms with Crippen LogP contribution in [0.3, 0.4) is 0 Å². The highest BCUT2D eigenvalue weighted by molar-refractivity contribution is 5.86. The summed E-state index contributed by atoms with van der Waals surface area (Å²) >= 11 is 0. The molecule has 0 saturated carbocycles. The van der Waals surface area contributed by atoms with Crippen molar-refractivity contribution in [2.75, 3.05) is 19.8 Å². The highest BCUT2D eigenvalue weighted by Crippen LogP contribution is 2.17. The zero-order chi connectivity index (χ0) is 15.0. The normalized spacial score (nSPS) is 14.1. The molecular weight excluding hydrogens is 252 g/mol. The third-order valence-corrected chi connectivity index (χ3v) is 3.22. The van der Waals surface area contributed by atoms with Gasteiger partial charge >= 0.3 is 0 Å². The van der Waals surface area contributed by atoms with Gasteiger partial charge < -0.3 is 15.8 Å². The van der Waals surface area contributed by atoms with Crippen LogP contribution in [0.25, 0.3) is 0 Å². The molecule has 4 nitrogen and oxygen atoms in total. The van der Waals surface area contributed by atoms with E-state index in [0.29, 0.717) is 19.1 Å². The van der Waals surface area contributed by atoms with E-state index >= 15 is 0 Å². The summed E-state index contributed by atoms with van der Waals surface area (Å²) in [7, 11) is 0. The van der Waals surface area contributed by atoms with E-state index in [1.54, 1.807) is 6.92 Å². The molecule has 1 rings (SSSR count). The smallest absolute Gasteiger partial charge is 0.244 e. The van der Waals surface area contributed by atoms with Crippen LogP contribution in [0, 0.1) is 5.92 Å². The van der Waals surface area contributed by atoms with Gasteiger partial charge in [0, 0.05) is 13.2 Å². The van der Waals surface area contributed by atoms with Gasteiger partial charge in [-0.1, -0.05) is 44.2 Å². The lowest BCUT2D eigenvalue weighted by Gasteiger charge is -2.24. The number of hydrogen-bond donors (Lipinski definition) is 2. The molecular formula is C16H26N2O2. The summed E-state index contributed by atoms with van der Waals surface area (Å²) in [5.41, 5.74) is 5.90. The van der Waals surface area contributed by atoms with Crippen LogP contribution in [0.5, 0.6) is 0 Å². The molecule has 0 spiro atoms. The first-order valence-electron chi connectivity index (χ1n) is 7.15. The SMILES string of the molecule is CC(C)CCOCCNC(=O)C(C)(N)c1ccccc1. The lowest BCUT2D eigenvalue weighted by atomic mass is 9.92. The molecule has 0 bridgehead atoms. The molecule has 1 aromatic carbocycles. The Bertz CT molecular complexity index is 402. The minimum atomic E-state index is -1.01. The summed E-state index contributed by atoms with van der Waals surface area (Å²) in [5.74, 6) is 0.450. The molecule has 0 aliphatic carbocycles. The Morgan fingerprint density at radius 2 is 1.95 bits per heavy atom. The number of hydrogen-bond acceptors (Lipinski definition) is 3. The Labute approximate surface area is 121 Å². The van der Waals surface area contributed by atoms with Gasteiger partial charge in [0.2, 0.25) is 5.91 Å². The van der Waals surface area contributed by atoms with Gasteiger partial charge in [0.1, 0.15) is 5.54 Å². The van der Waals surface area contributed by atoms with Crippen LogP contribution < -0.4 is 11.1 Å². The Morgan fingerprint density at radius 1 is 1.30 bits per heavy atom. The maximum Gasteiger partial charge on any atom is 0.244 e. The van der Waals surface area contributed by atoms with Crippen molar-refractivity contribution in [1.29, 1.82) is 0 Å². The third kappa shape index (κ3) is 5.31. The van der Waals surface area contributed by atoms with Crippen LogP contribution in [-0.2, 0) is 15.1 Å². The summed E-state index contributed by atoms with van der Waals surface area (Å²) in [6, 6.07) is 9.38. The zero-order valence-corrected chi connectivity index (χ0v) is 12.7. The van der Waals surface area contributed by atoms with E-state index < -0.39 is 5.54 Å². The molecule has 0 radical (unpaired) electrons. The van der Waals surface area contributed by atoms with E-state index in [0.717, 1.165) is 18.6 Å². The van der Waals surface area contributed by atoms with Gasteiger partial charge in [-0.05, 0) is 24.8 Å².